The molecular weight excluding hydrogens is 768 g/mol. The van der Waals surface area contributed by atoms with Crippen LogP contribution in [0.2, 0.25) is 0 Å². The molecule has 2 heterocycles. The molecule has 4 amide bonds. The highest BCUT2D eigenvalue weighted by Gasteiger charge is 2.30. The molecule has 2 N–H and O–H groups in total. The van der Waals surface area contributed by atoms with Crippen LogP contribution in [0.25, 0.3) is 0 Å². The minimum atomic E-state index is -0.852. The summed E-state index contributed by atoms with van der Waals surface area (Å²) >= 11 is 0. The molecule has 0 aromatic rings. The summed E-state index contributed by atoms with van der Waals surface area (Å²) in [5.41, 5.74) is -3.08. The van der Waals surface area contributed by atoms with Gasteiger partial charge in [-0.15, -0.1) is 9.98 Å². The van der Waals surface area contributed by atoms with Gasteiger partial charge < -0.3 is 38.2 Å². The summed E-state index contributed by atoms with van der Waals surface area (Å²) in [5, 5.41) is 5.16. The van der Waals surface area contributed by atoms with Gasteiger partial charge in [0.15, 0.2) is 0 Å². The first-order chi connectivity index (χ1) is 27.2. The van der Waals surface area contributed by atoms with Gasteiger partial charge in [0.1, 0.15) is 22.4 Å². The number of nitrogens with zero attached hydrogens (tertiary/aromatic N) is 4. The van der Waals surface area contributed by atoms with E-state index >= 15 is 0 Å². The quantitative estimate of drug-likeness (QED) is 0.0740. The van der Waals surface area contributed by atoms with Crippen molar-refractivity contribution < 1.29 is 57.2 Å². The molecule has 2 saturated heterocycles. The first kappa shape index (κ1) is 50.5. The van der Waals surface area contributed by atoms with Crippen molar-refractivity contribution in [2.24, 2.45) is 21.8 Å². The molecule has 2 rings (SSSR count). The molecular formula is C41H70N6O12. The molecule has 18 heteroatoms. The summed E-state index contributed by atoms with van der Waals surface area (Å²) in [5.74, 6) is -0.805. The number of esters is 2. The Morgan fingerprint density at radius 3 is 1.19 bits per heavy atom. The molecule has 0 bridgehead atoms. The predicted octanol–water partition coefficient (Wildman–Crippen LogP) is 7.08. The van der Waals surface area contributed by atoms with E-state index in [1.165, 1.54) is 0 Å². The Balaban J connectivity index is 1.80. The number of alkyl carbamates (subject to hydrolysis) is 2. The zero-order valence-electron chi connectivity index (χ0n) is 37.4. The summed E-state index contributed by atoms with van der Waals surface area (Å²) in [6.45, 7) is 22.8. The van der Waals surface area contributed by atoms with E-state index in [4.69, 9.17) is 28.4 Å². The second-order valence-electron chi connectivity index (χ2n) is 18.9. The van der Waals surface area contributed by atoms with E-state index in [-0.39, 0.29) is 61.7 Å². The van der Waals surface area contributed by atoms with Gasteiger partial charge in [-0.2, -0.15) is 0 Å². The molecule has 0 aromatic carbocycles. The molecule has 0 aliphatic carbocycles. The number of hydrogen-bond donors (Lipinski definition) is 2. The number of aliphatic imine (C=N–C) groups is 2. The topological polar surface area (TPSA) is 213 Å². The third kappa shape index (κ3) is 23.5. The van der Waals surface area contributed by atoms with E-state index in [9.17, 15) is 28.8 Å². The van der Waals surface area contributed by atoms with Gasteiger partial charge in [0, 0.05) is 50.9 Å². The minimum Gasteiger partial charge on any atom is -0.465 e. The Morgan fingerprint density at radius 2 is 0.864 bits per heavy atom. The van der Waals surface area contributed by atoms with E-state index in [2.05, 4.69) is 20.6 Å². The third-order valence-corrected chi connectivity index (χ3v) is 8.27. The highest BCUT2D eigenvalue weighted by atomic mass is 16.6. The fraction of sp³-hybridized carbons (Fsp3) is 0.805. The Bertz CT molecular complexity index is 1390. The summed E-state index contributed by atoms with van der Waals surface area (Å²) in [4.78, 5) is 87.0. The first-order valence-electron chi connectivity index (χ1n) is 20.6. The maximum Gasteiger partial charge on any atom is 0.437 e. The van der Waals surface area contributed by atoms with Crippen LogP contribution in [0.5, 0.6) is 0 Å². The standard InChI is InChI=1S/C41H70N6O12/c1-38(2,3)56-34(50)42-32(43-35(51)57-39(4,5)6)46-22-16-18-28(24-46)26-54-30(48)20-14-13-15-21-31(49)55-27-29-19-17-23-47(25-29)33(44-36(52)58-40(7,8)9)45-37(53)59-41(10,11)12/h28-29H,13-27H2,1-12H3,(H,42,43,50,51)(H,44,45,52,53). The van der Waals surface area contributed by atoms with Crippen molar-refractivity contribution in [1.82, 2.24) is 20.4 Å². The average Bonchev–Trinajstić information content (AvgIpc) is 3.06. The fourth-order valence-corrected chi connectivity index (χ4v) is 5.96. The highest BCUT2D eigenvalue weighted by Crippen LogP contribution is 2.21. The Kier molecular flexibility index (Phi) is 19.4. The monoisotopic (exact) mass is 839 g/mol. The highest BCUT2D eigenvalue weighted by molar-refractivity contribution is 5.99. The van der Waals surface area contributed by atoms with Gasteiger partial charge in [0.25, 0.3) is 0 Å². The van der Waals surface area contributed by atoms with Crippen LogP contribution in [0, 0.1) is 11.8 Å². The van der Waals surface area contributed by atoms with Crippen LogP contribution in [0.4, 0.5) is 19.2 Å². The number of amides is 4. The van der Waals surface area contributed by atoms with Crippen LogP contribution in [-0.2, 0) is 38.0 Å². The number of nitrogens with one attached hydrogen (secondary N) is 2. The molecule has 0 spiro atoms. The number of guanidine groups is 2. The van der Waals surface area contributed by atoms with E-state index < -0.39 is 46.8 Å². The summed E-state index contributed by atoms with van der Waals surface area (Å²) < 4.78 is 32.6. The lowest BCUT2D eigenvalue weighted by Crippen LogP contribution is -2.50. The van der Waals surface area contributed by atoms with E-state index in [1.54, 1.807) is 92.9 Å². The maximum absolute atomic E-state index is 12.6. The number of rotatable bonds is 10. The van der Waals surface area contributed by atoms with Crippen LogP contribution < -0.4 is 10.6 Å². The Morgan fingerprint density at radius 1 is 0.525 bits per heavy atom. The smallest absolute Gasteiger partial charge is 0.437 e. The largest absolute Gasteiger partial charge is 0.465 e. The lowest BCUT2D eigenvalue weighted by atomic mass is 9.99. The van der Waals surface area contributed by atoms with Crippen molar-refractivity contribution in [2.75, 3.05) is 39.4 Å². The van der Waals surface area contributed by atoms with Gasteiger partial charge in [-0.3, -0.25) is 20.2 Å². The summed E-state index contributed by atoms with van der Waals surface area (Å²) in [6.07, 6.45) is 1.86. The molecule has 2 atom stereocenters. The molecule has 0 radical (unpaired) electrons. The summed E-state index contributed by atoms with van der Waals surface area (Å²) in [6, 6.07) is 0. The predicted molar refractivity (Wildman–Crippen MR) is 220 cm³/mol. The number of piperidine rings is 2. The van der Waals surface area contributed by atoms with Crippen LogP contribution in [-0.4, -0.2) is 120 Å². The number of carbonyl (C=O) groups excluding carboxylic acids is 6. The van der Waals surface area contributed by atoms with Crippen molar-refractivity contribution in [3.63, 3.8) is 0 Å². The van der Waals surface area contributed by atoms with Crippen molar-refractivity contribution in [1.29, 1.82) is 0 Å². The lowest BCUT2D eigenvalue weighted by molar-refractivity contribution is -0.145. The Hall–Kier alpha value is -4.64. The number of carbonyl (C=O) groups is 6. The molecule has 0 aromatic heterocycles. The van der Waals surface area contributed by atoms with E-state index in [1.807, 2.05) is 0 Å². The Labute approximate surface area is 349 Å². The van der Waals surface area contributed by atoms with Gasteiger partial charge in [-0.05, 0) is 122 Å². The number of likely N-dealkylation sites (tertiary alicyclic amines) is 2. The van der Waals surface area contributed by atoms with E-state index in [0.717, 1.165) is 25.7 Å². The summed E-state index contributed by atoms with van der Waals surface area (Å²) in [7, 11) is 0. The second-order valence-corrected chi connectivity index (χ2v) is 18.9. The molecule has 2 unspecified atom stereocenters. The number of ether oxygens (including phenoxy) is 6. The third-order valence-electron chi connectivity index (χ3n) is 8.27. The molecule has 336 valence electrons. The van der Waals surface area contributed by atoms with Gasteiger partial charge in [0.05, 0.1) is 13.2 Å². The average molecular weight is 839 g/mol. The van der Waals surface area contributed by atoms with Gasteiger partial charge >= 0.3 is 36.3 Å². The van der Waals surface area contributed by atoms with Crippen LogP contribution >= 0.6 is 0 Å². The zero-order chi connectivity index (χ0) is 44.6. The van der Waals surface area contributed by atoms with Crippen LogP contribution in [0.1, 0.15) is 141 Å². The maximum atomic E-state index is 12.6. The zero-order valence-corrected chi connectivity index (χ0v) is 37.4. The van der Waals surface area contributed by atoms with Crippen molar-refractivity contribution in [3.05, 3.63) is 0 Å². The fourth-order valence-electron chi connectivity index (χ4n) is 5.96. The first-order valence-corrected chi connectivity index (χ1v) is 20.6. The SMILES string of the molecule is CC(C)(C)OC(=O)N=C(NC(=O)OC(C)(C)C)N1CCCC(COC(=O)CCCCCC(=O)OCC2CCCN(C(=NC(=O)OC(C)(C)C)NC(=O)OC(C)(C)C)C2)C1. The molecule has 59 heavy (non-hydrogen) atoms. The van der Waals surface area contributed by atoms with Gasteiger partial charge in [0.2, 0.25) is 11.9 Å². The molecule has 0 saturated carbocycles. The molecule has 2 aliphatic rings. The number of unbranched alkanes of at least 4 members (excludes halogenated alkanes) is 2. The van der Waals surface area contributed by atoms with Crippen molar-refractivity contribution in [3.8, 4) is 0 Å². The van der Waals surface area contributed by atoms with E-state index in [0.29, 0.717) is 45.4 Å². The van der Waals surface area contributed by atoms with Crippen molar-refractivity contribution in [2.45, 2.75) is 163 Å². The van der Waals surface area contributed by atoms with Crippen LogP contribution in [0.15, 0.2) is 9.98 Å². The second kappa shape index (κ2) is 22.7. The molecule has 2 fully saturated rings. The van der Waals surface area contributed by atoms with Crippen LogP contribution in [0.3, 0.4) is 0 Å². The molecule has 2 aliphatic heterocycles. The number of hydrogen-bond acceptors (Lipinski definition) is 12. The normalized spacial score (nSPS) is 18.3. The molecule has 18 nitrogen and oxygen atoms in total. The van der Waals surface area contributed by atoms with Gasteiger partial charge in [-0.25, -0.2) is 19.2 Å². The lowest BCUT2D eigenvalue weighted by Gasteiger charge is -2.34. The minimum absolute atomic E-state index is 0.00949. The van der Waals surface area contributed by atoms with Gasteiger partial charge in [-0.1, -0.05) is 6.42 Å². The van der Waals surface area contributed by atoms with Crippen molar-refractivity contribution >= 4 is 48.2 Å².